The number of aliphatic carboxylic acids is 1. The van der Waals surface area contributed by atoms with Crippen molar-refractivity contribution in [3.05, 3.63) is 54.1 Å². The first-order valence-electron chi connectivity index (χ1n) is 15.5. The number of unbranched alkanes of at least 4 members (excludes halogenated alkanes) is 2. The fourth-order valence-corrected chi connectivity index (χ4v) is 5.54. The average molecular weight is 654 g/mol. The molecule has 246 valence electrons. The highest BCUT2D eigenvalue weighted by atomic mass is 31.1. The zero-order valence-electron chi connectivity index (χ0n) is 25.7. The number of carbonyl (C=O) groups excluding carboxylic acids is 2. The molecule has 13 nitrogen and oxygen atoms in total. The Hall–Kier alpha value is -4.03. The van der Waals surface area contributed by atoms with E-state index in [4.69, 9.17) is 9.84 Å². The van der Waals surface area contributed by atoms with Crippen molar-refractivity contribution in [1.82, 2.24) is 20.3 Å². The van der Waals surface area contributed by atoms with Gasteiger partial charge in [0.05, 0.1) is 31.1 Å². The van der Waals surface area contributed by atoms with Gasteiger partial charge in [-0.1, -0.05) is 47.7 Å². The molecule has 46 heavy (non-hydrogen) atoms. The molecular formula is C32H40N5O8P. The Morgan fingerprint density at radius 1 is 0.935 bits per heavy atom. The molecule has 1 aromatic heterocycles. The Kier molecular flexibility index (Phi) is 13.8. The highest BCUT2D eigenvalue weighted by Gasteiger charge is 2.28. The van der Waals surface area contributed by atoms with Crippen LogP contribution in [0.15, 0.2) is 48.5 Å². The van der Waals surface area contributed by atoms with Gasteiger partial charge >= 0.3 is 14.7 Å². The SMILES string of the molecule is O=POCC(O)COCCCNC(=O)CCCCC(=O)N1Cc2ccccc2-c2c(nnn2CCCCC(=O)O)-c2ccccc21. The molecule has 1 atom stereocenters. The summed E-state index contributed by atoms with van der Waals surface area (Å²) < 4.78 is 21.9. The first kappa shape index (κ1) is 34.8. The predicted molar refractivity (Wildman–Crippen MR) is 170 cm³/mol. The van der Waals surface area contributed by atoms with Gasteiger partial charge in [-0.3, -0.25) is 18.9 Å². The number of amides is 2. The van der Waals surface area contributed by atoms with Crippen molar-refractivity contribution in [3.8, 4) is 22.5 Å². The summed E-state index contributed by atoms with van der Waals surface area (Å²) in [7, 11) is -0.488. The largest absolute Gasteiger partial charge is 0.481 e. The predicted octanol–water partition coefficient (Wildman–Crippen LogP) is 4.38. The van der Waals surface area contributed by atoms with E-state index in [-0.39, 0.29) is 37.9 Å². The number of ether oxygens (including phenoxy) is 1. The fourth-order valence-electron chi connectivity index (χ4n) is 5.30. The molecule has 2 amide bonds. The Bertz CT molecular complexity index is 1480. The van der Waals surface area contributed by atoms with Crippen LogP contribution in [0.1, 0.15) is 56.9 Å². The molecule has 1 aliphatic rings. The van der Waals surface area contributed by atoms with Gasteiger partial charge in [-0.25, -0.2) is 9.25 Å². The minimum atomic E-state index is -0.859. The van der Waals surface area contributed by atoms with E-state index in [9.17, 15) is 24.1 Å². The van der Waals surface area contributed by atoms with E-state index < -0.39 is 20.8 Å². The maximum absolute atomic E-state index is 13.7. The molecular weight excluding hydrogens is 613 g/mol. The van der Waals surface area contributed by atoms with E-state index in [0.717, 1.165) is 28.1 Å². The van der Waals surface area contributed by atoms with Crippen molar-refractivity contribution in [2.24, 2.45) is 0 Å². The molecule has 1 aliphatic heterocycles. The summed E-state index contributed by atoms with van der Waals surface area (Å²) in [4.78, 5) is 38.7. The normalized spacial score (nSPS) is 12.8. The number of carboxylic acid groups (broad SMARTS) is 1. The lowest BCUT2D eigenvalue weighted by Crippen LogP contribution is -2.31. The number of anilines is 1. The van der Waals surface area contributed by atoms with Gasteiger partial charge in [0.2, 0.25) is 11.8 Å². The molecule has 4 rings (SSSR count). The van der Waals surface area contributed by atoms with Crippen molar-refractivity contribution in [2.75, 3.05) is 31.3 Å². The number of aliphatic hydroxyl groups is 1. The maximum Gasteiger partial charge on any atom is 0.327 e. The van der Waals surface area contributed by atoms with Crippen LogP contribution in [0.5, 0.6) is 0 Å². The minimum absolute atomic E-state index is 0.0494. The van der Waals surface area contributed by atoms with E-state index in [2.05, 4.69) is 20.2 Å². The maximum atomic E-state index is 13.7. The molecule has 3 aromatic rings. The molecule has 2 aromatic carbocycles. The molecule has 0 bridgehead atoms. The van der Waals surface area contributed by atoms with Crippen LogP contribution < -0.4 is 10.2 Å². The number of hydrogen-bond donors (Lipinski definition) is 3. The van der Waals surface area contributed by atoms with Gasteiger partial charge in [0, 0.05) is 50.1 Å². The smallest absolute Gasteiger partial charge is 0.327 e. The number of nitrogens with one attached hydrogen (secondary N) is 1. The number of aromatic nitrogens is 3. The Labute approximate surface area is 269 Å². The third-order valence-electron chi connectivity index (χ3n) is 7.56. The van der Waals surface area contributed by atoms with Gasteiger partial charge in [-0.05, 0) is 43.7 Å². The number of aryl methyl sites for hydroxylation is 1. The van der Waals surface area contributed by atoms with Crippen LogP contribution in [0.4, 0.5) is 5.69 Å². The highest BCUT2D eigenvalue weighted by Crippen LogP contribution is 2.41. The van der Waals surface area contributed by atoms with Crippen LogP contribution in [-0.2, 0) is 41.3 Å². The van der Waals surface area contributed by atoms with Crippen molar-refractivity contribution in [2.45, 2.75) is 70.6 Å². The van der Waals surface area contributed by atoms with Crippen molar-refractivity contribution in [3.63, 3.8) is 0 Å². The van der Waals surface area contributed by atoms with Crippen LogP contribution in [0, 0.1) is 0 Å². The van der Waals surface area contributed by atoms with E-state index in [1.54, 1.807) is 4.90 Å². The number of carboxylic acids is 1. The summed E-state index contributed by atoms with van der Waals surface area (Å²) in [5.41, 5.74) is 4.95. The van der Waals surface area contributed by atoms with Gasteiger partial charge in [-0.15, -0.1) is 5.10 Å². The van der Waals surface area contributed by atoms with Gasteiger partial charge in [0.25, 0.3) is 0 Å². The number of nitrogens with zero attached hydrogens (tertiary/aromatic N) is 4. The van der Waals surface area contributed by atoms with Gasteiger partial charge in [0.15, 0.2) is 0 Å². The second-order valence-corrected chi connectivity index (χ2v) is 11.4. The quantitative estimate of drug-likeness (QED) is 0.124. The van der Waals surface area contributed by atoms with E-state index in [1.165, 1.54) is 0 Å². The van der Waals surface area contributed by atoms with Gasteiger partial charge < -0.3 is 25.2 Å². The molecule has 0 saturated heterocycles. The number of hydrogen-bond acceptors (Lipinski definition) is 9. The first-order valence-corrected chi connectivity index (χ1v) is 16.2. The summed E-state index contributed by atoms with van der Waals surface area (Å²) in [6.45, 7) is 1.65. The molecule has 0 saturated carbocycles. The summed E-state index contributed by atoms with van der Waals surface area (Å²) in [5.74, 6) is -0.968. The second kappa shape index (κ2) is 18.2. The number of carbonyl (C=O) groups is 3. The Balaban J connectivity index is 1.33. The number of rotatable bonds is 19. The minimum Gasteiger partial charge on any atom is -0.481 e. The van der Waals surface area contributed by atoms with Crippen LogP contribution in [0.3, 0.4) is 0 Å². The van der Waals surface area contributed by atoms with Crippen LogP contribution in [0.2, 0.25) is 0 Å². The monoisotopic (exact) mass is 653 g/mol. The Morgan fingerprint density at radius 3 is 2.48 bits per heavy atom. The lowest BCUT2D eigenvalue weighted by molar-refractivity contribution is -0.137. The molecule has 0 aliphatic carbocycles. The van der Waals surface area contributed by atoms with Crippen molar-refractivity contribution in [1.29, 1.82) is 0 Å². The number of fused-ring (bicyclic) bond motifs is 5. The van der Waals surface area contributed by atoms with E-state index in [0.29, 0.717) is 70.5 Å². The number of aliphatic hydroxyl groups excluding tert-OH is 1. The topological polar surface area (TPSA) is 173 Å². The number of para-hydroxylation sites is 1. The number of benzene rings is 2. The lowest BCUT2D eigenvalue weighted by Gasteiger charge is -2.28. The third kappa shape index (κ3) is 9.98. The van der Waals surface area contributed by atoms with Gasteiger partial charge in [-0.2, -0.15) is 0 Å². The summed E-state index contributed by atoms with van der Waals surface area (Å²) in [5, 5.41) is 30.4. The molecule has 1 unspecified atom stereocenters. The molecule has 14 heteroatoms. The molecule has 2 heterocycles. The molecule has 3 N–H and O–H groups in total. The zero-order valence-corrected chi connectivity index (χ0v) is 26.6. The summed E-state index contributed by atoms with van der Waals surface area (Å²) >= 11 is 0. The van der Waals surface area contributed by atoms with Crippen molar-refractivity contribution >= 4 is 32.2 Å². The standard InChI is InChI=1S/C32H40N5O8P/c38-24(22-45-46-43)21-44-19-9-17-33-28(39)14-5-6-15-29(40)36-20-23-10-1-2-11-25(23)32-31(26-12-3-4-13-27(26)36)34-35-37(32)18-8-7-16-30(41)42/h1-4,10-13,24,38H,5-9,14-22H2,(H,33,39)(H,41,42). The van der Waals surface area contributed by atoms with Crippen molar-refractivity contribution < 1.29 is 38.4 Å². The van der Waals surface area contributed by atoms with Crippen LogP contribution in [0.25, 0.3) is 22.5 Å². The molecule has 0 radical (unpaired) electrons. The third-order valence-corrected chi connectivity index (χ3v) is 7.81. The highest BCUT2D eigenvalue weighted by molar-refractivity contribution is 7.17. The first-order chi connectivity index (χ1) is 22.4. The van der Waals surface area contributed by atoms with E-state index in [1.807, 2.05) is 53.2 Å². The molecule has 0 spiro atoms. The van der Waals surface area contributed by atoms with E-state index >= 15 is 0 Å². The summed E-state index contributed by atoms with van der Waals surface area (Å²) in [6.07, 6.45) is 2.69. The Morgan fingerprint density at radius 2 is 1.67 bits per heavy atom. The second-order valence-electron chi connectivity index (χ2n) is 11.0. The molecule has 0 fully saturated rings. The van der Waals surface area contributed by atoms with Crippen LogP contribution in [-0.4, -0.2) is 75.5 Å². The average Bonchev–Trinajstić information content (AvgIpc) is 3.46. The zero-order chi connectivity index (χ0) is 32.7. The summed E-state index contributed by atoms with van der Waals surface area (Å²) in [6, 6.07) is 15.5. The fraction of sp³-hybridized carbons (Fsp3) is 0.469. The van der Waals surface area contributed by atoms with Crippen LogP contribution >= 0.6 is 8.69 Å². The van der Waals surface area contributed by atoms with Gasteiger partial charge in [0.1, 0.15) is 11.8 Å². The lowest BCUT2D eigenvalue weighted by atomic mass is 9.95.